The summed E-state index contributed by atoms with van der Waals surface area (Å²) in [6, 6.07) is 7.39. The average molecular weight is 425 g/mol. The highest BCUT2D eigenvalue weighted by atomic mass is 16.6. The molecule has 1 aliphatic carbocycles. The predicted molar refractivity (Wildman–Crippen MR) is 109 cm³/mol. The van der Waals surface area contributed by atoms with Crippen LogP contribution in [0.25, 0.3) is 4.85 Å². The summed E-state index contributed by atoms with van der Waals surface area (Å²) in [5.74, 6) is 0.0296. The SMILES string of the molecule is [C-]#[N+]C1(c2ccc(N3C[C@H](CN(C(=O)OC(C)(C)C)c4ncon4)OC3=O)cc2)CC1. The summed E-state index contributed by atoms with van der Waals surface area (Å²) in [4.78, 5) is 35.5. The van der Waals surface area contributed by atoms with Crippen molar-refractivity contribution in [3.05, 3.63) is 47.6 Å². The third kappa shape index (κ3) is 4.30. The minimum atomic E-state index is -0.719. The van der Waals surface area contributed by atoms with E-state index in [1.807, 2.05) is 24.3 Å². The Labute approximate surface area is 179 Å². The lowest BCUT2D eigenvalue weighted by molar-refractivity contribution is 0.0555. The molecule has 2 amide bonds. The Hall–Kier alpha value is -3.61. The van der Waals surface area contributed by atoms with E-state index in [2.05, 4.69) is 15.0 Å². The molecule has 1 atom stereocenters. The smallest absolute Gasteiger partial charge is 0.417 e. The first-order valence-electron chi connectivity index (χ1n) is 9.95. The van der Waals surface area contributed by atoms with Gasteiger partial charge >= 0.3 is 12.2 Å². The van der Waals surface area contributed by atoms with Crippen molar-refractivity contribution in [3.8, 4) is 0 Å². The van der Waals surface area contributed by atoms with Gasteiger partial charge in [0.2, 0.25) is 6.39 Å². The number of aromatic nitrogens is 2. The van der Waals surface area contributed by atoms with Gasteiger partial charge in [0.25, 0.3) is 11.5 Å². The van der Waals surface area contributed by atoms with Gasteiger partial charge in [-0.05, 0) is 50.2 Å². The van der Waals surface area contributed by atoms with Gasteiger partial charge in [-0.1, -0.05) is 0 Å². The monoisotopic (exact) mass is 425 g/mol. The van der Waals surface area contributed by atoms with E-state index < -0.39 is 29.4 Å². The average Bonchev–Trinajstić information content (AvgIpc) is 3.15. The number of nitrogens with zero attached hydrogens (tertiary/aromatic N) is 5. The molecule has 162 valence electrons. The van der Waals surface area contributed by atoms with Crippen molar-refractivity contribution in [3.63, 3.8) is 0 Å². The van der Waals surface area contributed by atoms with Gasteiger partial charge in [-0.2, -0.15) is 4.98 Å². The maximum atomic E-state index is 12.6. The van der Waals surface area contributed by atoms with E-state index >= 15 is 0 Å². The number of hydrogen-bond donors (Lipinski definition) is 0. The van der Waals surface area contributed by atoms with Crippen LogP contribution in [-0.2, 0) is 15.0 Å². The molecule has 10 nitrogen and oxygen atoms in total. The van der Waals surface area contributed by atoms with E-state index in [0.29, 0.717) is 5.69 Å². The maximum Gasteiger partial charge on any atom is 0.417 e. The van der Waals surface area contributed by atoms with Gasteiger partial charge in [0, 0.05) is 24.1 Å². The fourth-order valence-electron chi connectivity index (χ4n) is 3.40. The second-order valence-electron chi connectivity index (χ2n) is 8.63. The first-order valence-corrected chi connectivity index (χ1v) is 9.95. The Morgan fingerprint density at radius 1 is 1.35 bits per heavy atom. The summed E-state index contributed by atoms with van der Waals surface area (Å²) in [7, 11) is 0. The van der Waals surface area contributed by atoms with Crippen LogP contribution in [0.3, 0.4) is 0 Å². The number of benzene rings is 1. The molecule has 0 N–H and O–H groups in total. The minimum Gasteiger partial charge on any atom is -0.443 e. The van der Waals surface area contributed by atoms with Crippen LogP contribution in [0.5, 0.6) is 0 Å². The number of carbonyl (C=O) groups excluding carboxylic acids is 2. The molecule has 1 saturated heterocycles. The Bertz CT molecular complexity index is 1000. The summed E-state index contributed by atoms with van der Waals surface area (Å²) in [5.41, 5.74) is 0.512. The second kappa shape index (κ2) is 7.58. The van der Waals surface area contributed by atoms with Gasteiger partial charge in [-0.3, -0.25) is 4.90 Å². The fraction of sp³-hybridized carbons (Fsp3) is 0.476. The number of hydrogen-bond acceptors (Lipinski definition) is 7. The molecule has 0 unspecified atom stereocenters. The van der Waals surface area contributed by atoms with E-state index in [4.69, 9.17) is 20.6 Å². The Balaban J connectivity index is 1.46. The molecular weight excluding hydrogens is 402 g/mol. The third-order valence-electron chi connectivity index (χ3n) is 5.12. The van der Waals surface area contributed by atoms with Crippen LogP contribution in [0.1, 0.15) is 39.2 Å². The third-order valence-corrected chi connectivity index (χ3v) is 5.12. The molecule has 31 heavy (non-hydrogen) atoms. The topological polar surface area (TPSA) is 102 Å². The standard InChI is InChI=1S/C21H23N5O5/c1-20(2,3)31-19(28)26(17-23-13-29-24-17)12-16-11-25(18(27)30-16)15-7-5-14(6-8-15)21(22-4)9-10-21/h5-8,13,16H,9-12H2,1-3H3/t16-/m1/s1. The highest BCUT2D eigenvalue weighted by Gasteiger charge is 2.52. The molecule has 1 saturated carbocycles. The first-order chi connectivity index (χ1) is 14.7. The van der Waals surface area contributed by atoms with Crippen LogP contribution in [0, 0.1) is 6.57 Å². The van der Waals surface area contributed by atoms with Crippen LogP contribution < -0.4 is 9.80 Å². The minimum absolute atomic E-state index is 0.00953. The van der Waals surface area contributed by atoms with Gasteiger partial charge < -0.3 is 18.8 Å². The quantitative estimate of drug-likeness (QED) is 0.672. The maximum absolute atomic E-state index is 12.6. The summed E-state index contributed by atoms with van der Waals surface area (Å²) in [6.07, 6.45) is 1.04. The molecule has 1 aromatic carbocycles. The largest absolute Gasteiger partial charge is 0.443 e. The summed E-state index contributed by atoms with van der Waals surface area (Å²) < 4.78 is 15.6. The van der Waals surface area contributed by atoms with Crippen LogP contribution in [0.4, 0.5) is 21.2 Å². The molecule has 1 aliphatic heterocycles. The summed E-state index contributed by atoms with van der Waals surface area (Å²) in [5, 5.41) is 3.71. The fourth-order valence-corrected chi connectivity index (χ4v) is 3.40. The number of ether oxygens (including phenoxy) is 2. The number of anilines is 2. The number of carbonyl (C=O) groups is 2. The molecule has 4 rings (SSSR count). The van der Waals surface area contributed by atoms with Crippen molar-refractivity contribution in [2.45, 2.75) is 50.9 Å². The second-order valence-corrected chi connectivity index (χ2v) is 8.63. The molecule has 2 fully saturated rings. The molecule has 10 heteroatoms. The first kappa shape index (κ1) is 20.7. The van der Waals surface area contributed by atoms with Crippen molar-refractivity contribution < 1.29 is 23.6 Å². The van der Waals surface area contributed by atoms with Gasteiger partial charge in [0.15, 0.2) is 0 Å². The highest BCUT2D eigenvalue weighted by Crippen LogP contribution is 2.49. The molecule has 2 heterocycles. The summed E-state index contributed by atoms with van der Waals surface area (Å²) in [6.45, 7) is 12.9. The van der Waals surface area contributed by atoms with Crippen LogP contribution in [0.15, 0.2) is 35.2 Å². The van der Waals surface area contributed by atoms with Gasteiger partial charge in [0.05, 0.1) is 13.1 Å². The zero-order valence-electron chi connectivity index (χ0n) is 17.6. The molecule has 0 bridgehead atoms. The van der Waals surface area contributed by atoms with E-state index in [-0.39, 0.29) is 19.0 Å². The zero-order chi connectivity index (χ0) is 22.2. The molecule has 2 aromatic rings. The molecule has 1 aromatic heterocycles. The molecule has 0 radical (unpaired) electrons. The number of rotatable bonds is 5. The van der Waals surface area contributed by atoms with Crippen molar-refractivity contribution >= 4 is 23.8 Å². The Kier molecular flexibility index (Phi) is 5.05. The van der Waals surface area contributed by atoms with Gasteiger partial charge in [0.1, 0.15) is 11.7 Å². The van der Waals surface area contributed by atoms with E-state index in [0.717, 1.165) is 24.8 Å². The van der Waals surface area contributed by atoms with Crippen molar-refractivity contribution in [2.24, 2.45) is 0 Å². The number of amides is 2. The normalized spacial score (nSPS) is 19.5. The number of cyclic esters (lactones) is 1. The van der Waals surface area contributed by atoms with Crippen molar-refractivity contribution in [1.82, 2.24) is 10.1 Å². The van der Waals surface area contributed by atoms with Crippen LogP contribution in [-0.4, -0.2) is 47.1 Å². The Morgan fingerprint density at radius 3 is 2.61 bits per heavy atom. The van der Waals surface area contributed by atoms with Gasteiger partial charge in [-0.15, -0.1) is 0 Å². The van der Waals surface area contributed by atoms with Gasteiger partial charge in [-0.25, -0.2) is 21.1 Å². The van der Waals surface area contributed by atoms with E-state index in [1.54, 1.807) is 20.8 Å². The molecule has 2 aliphatic rings. The predicted octanol–water partition coefficient (Wildman–Crippen LogP) is 3.74. The van der Waals surface area contributed by atoms with Crippen LogP contribution >= 0.6 is 0 Å². The zero-order valence-corrected chi connectivity index (χ0v) is 17.6. The van der Waals surface area contributed by atoms with Crippen molar-refractivity contribution in [1.29, 1.82) is 0 Å². The van der Waals surface area contributed by atoms with E-state index in [1.165, 1.54) is 9.80 Å². The molecular formula is C21H23N5O5. The lowest BCUT2D eigenvalue weighted by Gasteiger charge is -2.26. The Morgan fingerprint density at radius 2 is 2.06 bits per heavy atom. The lowest BCUT2D eigenvalue weighted by Crippen LogP contribution is -2.43. The summed E-state index contributed by atoms with van der Waals surface area (Å²) >= 11 is 0. The lowest BCUT2D eigenvalue weighted by atomic mass is 10.1. The van der Waals surface area contributed by atoms with E-state index in [9.17, 15) is 9.59 Å². The molecule has 0 spiro atoms. The highest BCUT2D eigenvalue weighted by molar-refractivity contribution is 5.90. The van der Waals surface area contributed by atoms with Crippen LogP contribution in [0.2, 0.25) is 0 Å². The van der Waals surface area contributed by atoms with Crippen molar-refractivity contribution in [2.75, 3.05) is 22.9 Å².